The maximum atomic E-state index is 11.6. The summed E-state index contributed by atoms with van der Waals surface area (Å²) in [5.41, 5.74) is 1.26. The Kier molecular flexibility index (Phi) is 22.2. The predicted molar refractivity (Wildman–Crippen MR) is 87.0 cm³/mol. The van der Waals surface area contributed by atoms with Crippen molar-refractivity contribution in [2.24, 2.45) is 0 Å². The third-order valence-electron chi connectivity index (χ3n) is 3.08. The zero-order chi connectivity index (χ0) is 16.1. The van der Waals surface area contributed by atoms with Crippen molar-refractivity contribution in [3.8, 4) is 0 Å². The van der Waals surface area contributed by atoms with Crippen LogP contribution in [0.2, 0.25) is 0 Å². The Bertz CT molecular complexity index is 401. The van der Waals surface area contributed by atoms with Crippen molar-refractivity contribution >= 4 is 5.91 Å². The third kappa shape index (κ3) is 11.2. The molecule has 0 bridgehead atoms. The van der Waals surface area contributed by atoms with Gasteiger partial charge in [-0.05, 0) is 18.4 Å². The van der Waals surface area contributed by atoms with Gasteiger partial charge in [0.05, 0.1) is 0 Å². The molecular weight excluding hydrogens is 551 g/mol. The Morgan fingerprint density at radius 3 is 2.35 bits per heavy atom. The first-order valence-corrected chi connectivity index (χ1v) is 7.53. The molecule has 0 aromatic heterocycles. The van der Waals surface area contributed by atoms with Gasteiger partial charge >= 0.3 is 0 Å². The molecule has 5 heteroatoms. The van der Waals surface area contributed by atoms with Gasteiger partial charge in [0.15, 0.2) is 0 Å². The summed E-state index contributed by atoms with van der Waals surface area (Å²) in [4.78, 5) is 13.5. The van der Waals surface area contributed by atoms with Crippen molar-refractivity contribution in [1.29, 1.82) is 0 Å². The number of hydrogen-bond acceptors (Lipinski definition) is 2. The first-order valence-electron chi connectivity index (χ1n) is 7.53. The molecule has 1 saturated heterocycles. The van der Waals surface area contributed by atoms with Gasteiger partial charge in [-0.15, -0.1) is 0 Å². The van der Waals surface area contributed by atoms with Gasteiger partial charge < -0.3 is 16.6 Å². The quantitative estimate of drug-likeness (QED) is 0.553. The van der Waals surface area contributed by atoms with E-state index in [0.717, 1.165) is 26.0 Å². The normalized spacial score (nSPS) is 15.0. The van der Waals surface area contributed by atoms with Crippen LogP contribution in [-0.4, -0.2) is 28.5 Å². The maximum Gasteiger partial charge on any atom is 0.223 e. The molecule has 1 aromatic rings. The summed E-state index contributed by atoms with van der Waals surface area (Å²) in [7, 11) is 0. The Morgan fingerprint density at radius 2 is 1.87 bits per heavy atom. The van der Waals surface area contributed by atoms with Gasteiger partial charge in [0.1, 0.15) is 0 Å². The van der Waals surface area contributed by atoms with E-state index in [1.165, 1.54) is 5.56 Å². The van der Waals surface area contributed by atoms with E-state index in [0.29, 0.717) is 6.42 Å². The van der Waals surface area contributed by atoms with Crippen molar-refractivity contribution in [2.45, 2.75) is 46.1 Å². The molecule has 0 saturated carbocycles. The molecule has 1 aliphatic rings. The molecule has 1 aliphatic heterocycles. The minimum atomic E-state index is 0. The molecule has 23 heavy (non-hydrogen) atoms. The fraction of sp³-hybridized carbons (Fsp3) is 0.444. The number of aliphatic hydroxyl groups is 1. The molecule has 127 valence electrons. The molecule has 1 amide bonds. The van der Waals surface area contributed by atoms with E-state index in [4.69, 9.17) is 11.7 Å². The van der Waals surface area contributed by atoms with E-state index in [1.54, 1.807) is 13.0 Å². The largest absolute Gasteiger partial charge is 0.566 e. The molecule has 1 atom stereocenters. The summed E-state index contributed by atoms with van der Waals surface area (Å²) in [5, 5.41) is 7.44. The summed E-state index contributed by atoms with van der Waals surface area (Å²) in [6.07, 6.45) is 4.03. The fourth-order valence-corrected chi connectivity index (χ4v) is 2.14. The van der Waals surface area contributed by atoms with Crippen LogP contribution < -0.4 is 0 Å². The summed E-state index contributed by atoms with van der Waals surface area (Å²) >= 11 is 0. The first kappa shape index (κ1) is 27.9. The SMILES string of the molecule is CC.C[CH-]O.[CH-]=CC1CCC(=O)N1CCc1ccccc1.[U].[V]. The molecule has 0 aliphatic carbocycles. The minimum Gasteiger partial charge on any atom is -0.566 e. The van der Waals surface area contributed by atoms with Gasteiger partial charge in [-0.2, -0.15) is 6.92 Å². The van der Waals surface area contributed by atoms with Crippen LogP contribution in [-0.2, 0) is 29.8 Å². The number of carbonyl (C=O) groups is 1. The molecule has 2 rings (SSSR count). The van der Waals surface area contributed by atoms with E-state index >= 15 is 0 Å². The number of benzene rings is 1. The second-order valence-corrected chi connectivity index (χ2v) is 4.38. The van der Waals surface area contributed by atoms with Crippen LogP contribution in [0.4, 0.5) is 0 Å². The van der Waals surface area contributed by atoms with Crippen LogP contribution in [0.3, 0.4) is 0 Å². The average molecular weight is 578 g/mol. The molecule has 1 unspecified atom stereocenters. The molecule has 1 radical (unpaired) electrons. The zero-order valence-corrected chi connectivity index (χ0v) is 19.8. The Labute approximate surface area is 177 Å². The van der Waals surface area contributed by atoms with E-state index in [2.05, 4.69) is 12.1 Å². The smallest absolute Gasteiger partial charge is 0.223 e. The molecule has 1 N–H and O–H groups in total. The number of carbonyl (C=O) groups excluding carboxylic acids is 1. The molecule has 1 aromatic carbocycles. The second-order valence-electron chi connectivity index (χ2n) is 4.38. The maximum absolute atomic E-state index is 11.6. The Morgan fingerprint density at radius 1 is 1.35 bits per heavy atom. The monoisotopic (exact) mass is 578 g/mol. The van der Waals surface area contributed by atoms with E-state index in [1.807, 2.05) is 36.9 Å². The number of amides is 1. The summed E-state index contributed by atoms with van der Waals surface area (Å²) in [6.45, 7) is 12.9. The molecule has 3 nitrogen and oxygen atoms in total. The minimum absolute atomic E-state index is 0. The van der Waals surface area contributed by atoms with Gasteiger partial charge in [0, 0.05) is 68.7 Å². The number of hydrogen-bond donors (Lipinski definition) is 1. The Balaban J connectivity index is -0.000000515. The molecule has 1 fully saturated rings. The van der Waals surface area contributed by atoms with Crippen molar-refractivity contribution in [2.75, 3.05) is 6.54 Å². The van der Waals surface area contributed by atoms with Crippen LogP contribution in [0.1, 0.15) is 39.2 Å². The predicted octanol–water partition coefficient (Wildman–Crippen LogP) is 3.77. The zero-order valence-electron chi connectivity index (χ0n) is 14.3. The molecular formula is C18H27NO2UV-2. The summed E-state index contributed by atoms with van der Waals surface area (Å²) < 4.78 is 0. The van der Waals surface area contributed by atoms with Crippen LogP contribution in [0.5, 0.6) is 0 Å². The molecule has 0 spiro atoms. The van der Waals surface area contributed by atoms with Gasteiger partial charge in [-0.1, -0.05) is 44.2 Å². The topological polar surface area (TPSA) is 40.5 Å². The van der Waals surface area contributed by atoms with Gasteiger partial charge in [-0.25, -0.2) is 6.61 Å². The second kappa shape index (κ2) is 18.4. The summed E-state index contributed by atoms with van der Waals surface area (Å²) in [5.74, 6) is 0.225. The van der Waals surface area contributed by atoms with Gasteiger partial charge in [0.25, 0.3) is 0 Å². The van der Waals surface area contributed by atoms with Crippen LogP contribution in [0.15, 0.2) is 36.4 Å². The molecule has 1 heterocycles. The third-order valence-corrected chi connectivity index (χ3v) is 3.08. The number of likely N-dealkylation sites (tertiary alicyclic amines) is 1. The van der Waals surface area contributed by atoms with Gasteiger partial charge in [-0.3, -0.25) is 10.9 Å². The van der Waals surface area contributed by atoms with Crippen molar-refractivity contribution in [3.05, 3.63) is 55.2 Å². The Hall–Kier alpha value is 0.0264. The van der Waals surface area contributed by atoms with Crippen LogP contribution in [0.25, 0.3) is 0 Å². The number of rotatable bonds is 4. The average Bonchev–Trinajstić information content (AvgIpc) is 2.89. The van der Waals surface area contributed by atoms with Crippen LogP contribution in [0, 0.1) is 44.3 Å². The first-order chi connectivity index (χ1) is 10.2. The van der Waals surface area contributed by atoms with Gasteiger partial charge in [0.2, 0.25) is 5.91 Å². The van der Waals surface area contributed by atoms with Crippen LogP contribution >= 0.6 is 0 Å². The summed E-state index contributed by atoms with van der Waals surface area (Å²) in [6, 6.07) is 10.3. The van der Waals surface area contributed by atoms with Crippen molar-refractivity contribution < 1.29 is 59.6 Å². The number of nitrogens with zero attached hydrogens (tertiary/aromatic N) is 1. The van der Waals surface area contributed by atoms with E-state index < -0.39 is 0 Å². The number of aliphatic hydroxyl groups excluding tert-OH is 1. The van der Waals surface area contributed by atoms with Crippen molar-refractivity contribution in [3.63, 3.8) is 0 Å². The van der Waals surface area contributed by atoms with Crippen molar-refractivity contribution in [1.82, 2.24) is 4.90 Å². The fourth-order valence-electron chi connectivity index (χ4n) is 2.14. The van der Waals surface area contributed by atoms with E-state index in [-0.39, 0.29) is 61.6 Å². The standard InChI is InChI=1S/C14H16NO.C2H5O.C2H6.U.V/c1-2-13-8-9-14(16)15(13)11-10-12-6-4-3-5-7-12;1-2-3;1-2;;/h1-7,13H,8-11H2;2-3H,1H3;1-2H3;;/q2*-1;;;. The van der Waals surface area contributed by atoms with E-state index in [9.17, 15) is 4.79 Å².